The molecule has 2 heterocycles. The van der Waals surface area contributed by atoms with Crippen LogP contribution >= 0.6 is 23.1 Å². The number of aryl methyl sites for hydroxylation is 2. The molecule has 1 amide bonds. The van der Waals surface area contributed by atoms with E-state index >= 15 is 0 Å². The smallest absolute Gasteiger partial charge is 0.257 e. The van der Waals surface area contributed by atoms with E-state index in [-0.39, 0.29) is 11.9 Å². The number of carbonyl (C=O) groups excluding carboxylic acids is 1. The van der Waals surface area contributed by atoms with Gasteiger partial charge >= 0.3 is 0 Å². The highest BCUT2D eigenvalue weighted by Gasteiger charge is 2.38. The molecule has 1 aromatic heterocycles. The van der Waals surface area contributed by atoms with Crippen molar-refractivity contribution in [2.75, 3.05) is 6.54 Å². The molecular formula is C16H17ClN2O2S. The Morgan fingerprint density at radius 2 is 2.05 bits per heavy atom. The van der Waals surface area contributed by atoms with Gasteiger partial charge in [0.25, 0.3) is 5.91 Å². The summed E-state index contributed by atoms with van der Waals surface area (Å²) in [6.07, 6.45) is 0.0200. The quantitative estimate of drug-likeness (QED) is 0.914. The van der Waals surface area contributed by atoms with E-state index in [1.807, 2.05) is 26.0 Å². The van der Waals surface area contributed by atoms with Gasteiger partial charge in [-0.2, -0.15) is 4.37 Å². The maximum atomic E-state index is 12.9. The predicted molar refractivity (Wildman–Crippen MR) is 87.4 cm³/mol. The van der Waals surface area contributed by atoms with Gasteiger partial charge in [-0.15, -0.1) is 0 Å². The second-order valence-electron chi connectivity index (χ2n) is 5.55. The highest BCUT2D eigenvalue weighted by Crippen LogP contribution is 2.35. The summed E-state index contributed by atoms with van der Waals surface area (Å²) in [5.74, 6) is -0.0553. The summed E-state index contributed by atoms with van der Waals surface area (Å²) >= 11 is 7.27. The first-order valence-electron chi connectivity index (χ1n) is 7.16. The zero-order chi connectivity index (χ0) is 15.9. The predicted octanol–water partition coefficient (Wildman–Crippen LogP) is 3.36. The molecule has 4 nitrogen and oxygen atoms in total. The molecule has 1 aliphatic heterocycles. The Balaban J connectivity index is 1.95. The Labute approximate surface area is 138 Å². The average Bonchev–Trinajstić information content (AvgIpc) is 3.03. The second-order valence-corrected chi connectivity index (χ2v) is 6.96. The van der Waals surface area contributed by atoms with Crippen LogP contribution in [0.25, 0.3) is 0 Å². The van der Waals surface area contributed by atoms with Crippen molar-refractivity contribution < 1.29 is 9.90 Å². The molecule has 0 spiro atoms. The molecule has 0 radical (unpaired) electrons. The van der Waals surface area contributed by atoms with Crippen LogP contribution in [0.5, 0.6) is 0 Å². The molecule has 6 heteroatoms. The van der Waals surface area contributed by atoms with E-state index in [1.54, 1.807) is 17.0 Å². The third-order valence-corrected chi connectivity index (χ3v) is 5.18. The number of aliphatic hydroxyl groups is 1. The molecule has 0 bridgehead atoms. The zero-order valence-corrected chi connectivity index (χ0v) is 14.0. The van der Waals surface area contributed by atoms with Crippen LogP contribution in [0.3, 0.4) is 0 Å². The molecule has 1 aliphatic rings. The van der Waals surface area contributed by atoms with Crippen LogP contribution < -0.4 is 0 Å². The summed E-state index contributed by atoms with van der Waals surface area (Å²) < 4.78 is 4.25. The zero-order valence-electron chi connectivity index (χ0n) is 12.4. The van der Waals surface area contributed by atoms with E-state index in [2.05, 4.69) is 4.37 Å². The monoisotopic (exact) mass is 336 g/mol. The van der Waals surface area contributed by atoms with Crippen molar-refractivity contribution in [1.29, 1.82) is 0 Å². The molecule has 3 rings (SSSR count). The first kappa shape index (κ1) is 15.5. The number of benzene rings is 1. The van der Waals surface area contributed by atoms with Crippen LogP contribution in [-0.4, -0.2) is 32.9 Å². The fourth-order valence-electron chi connectivity index (χ4n) is 3.00. The molecule has 1 saturated heterocycles. The van der Waals surface area contributed by atoms with Crippen molar-refractivity contribution in [3.05, 3.63) is 51.0 Å². The van der Waals surface area contributed by atoms with Crippen LogP contribution in [0, 0.1) is 13.8 Å². The van der Waals surface area contributed by atoms with Gasteiger partial charge < -0.3 is 10.0 Å². The lowest BCUT2D eigenvalue weighted by atomic mass is 10.0. The van der Waals surface area contributed by atoms with E-state index < -0.39 is 6.10 Å². The Morgan fingerprint density at radius 1 is 1.36 bits per heavy atom. The van der Waals surface area contributed by atoms with Gasteiger partial charge in [-0.3, -0.25) is 4.79 Å². The standard InChI is InChI=1S/C16H17ClN2O2S/c1-9-14(10(2)22-18-9)16(21)19-8-7-13(20)15(19)11-3-5-12(17)6-4-11/h3-6,13,15,20H,7-8H2,1-2H3/t13-,15-/m1/s1. The fraction of sp³-hybridized carbons (Fsp3) is 0.375. The minimum Gasteiger partial charge on any atom is -0.391 e. The minimum atomic E-state index is -0.558. The van der Waals surface area contributed by atoms with Gasteiger partial charge in [-0.05, 0) is 49.5 Å². The number of aromatic nitrogens is 1. The maximum Gasteiger partial charge on any atom is 0.257 e. The SMILES string of the molecule is Cc1nsc(C)c1C(=O)N1CC[C@@H](O)[C@H]1c1ccc(Cl)cc1. The van der Waals surface area contributed by atoms with Crippen molar-refractivity contribution in [2.45, 2.75) is 32.4 Å². The lowest BCUT2D eigenvalue weighted by Crippen LogP contribution is -2.33. The fourth-order valence-corrected chi connectivity index (χ4v) is 3.82. The minimum absolute atomic E-state index is 0.0553. The first-order chi connectivity index (χ1) is 10.5. The van der Waals surface area contributed by atoms with Crippen LogP contribution in [0.1, 0.15) is 39.0 Å². The maximum absolute atomic E-state index is 12.9. The van der Waals surface area contributed by atoms with E-state index in [0.717, 1.165) is 16.1 Å². The van der Waals surface area contributed by atoms with Crippen LogP contribution in [0.15, 0.2) is 24.3 Å². The third-order valence-electron chi connectivity index (χ3n) is 4.09. The number of nitrogens with zero attached hydrogens (tertiary/aromatic N) is 2. The Morgan fingerprint density at radius 3 is 2.64 bits per heavy atom. The number of carbonyl (C=O) groups is 1. The van der Waals surface area contributed by atoms with Crippen molar-refractivity contribution in [3.63, 3.8) is 0 Å². The van der Waals surface area contributed by atoms with Gasteiger partial charge in [0.05, 0.1) is 23.4 Å². The highest BCUT2D eigenvalue weighted by atomic mass is 35.5. The van der Waals surface area contributed by atoms with E-state index in [4.69, 9.17) is 11.6 Å². The Hall–Kier alpha value is -1.43. The molecule has 2 aromatic rings. The molecule has 0 aliphatic carbocycles. The van der Waals surface area contributed by atoms with Gasteiger partial charge in [0.1, 0.15) is 0 Å². The number of aliphatic hydroxyl groups excluding tert-OH is 1. The third kappa shape index (κ3) is 2.64. The van der Waals surface area contributed by atoms with Crippen molar-refractivity contribution in [3.8, 4) is 0 Å². The number of hydrogen-bond donors (Lipinski definition) is 1. The summed E-state index contributed by atoms with van der Waals surface area (Å²) in [5, 5.41) is 11.0. The molecule has 1 aromatic carbocycles. The van der Waals surface area contributed by atoms with Crippen molar-refractivity contribution in [2.24, 2.45) is 0 Å². The van der Waals surface area contributed by atoms with Gasteiger partial charge in [-0.1, -0.05) is 23.7 Å². The molecule has 1 fully saturated rings. The number of halogens is 1. The lowest BCUT2D eigenvalue weighted by Gasteiger charge is -2.27. The number of rotatable bonds is 2. The molecule has 0 saturated carbocycles. The van der Waals surface area contributed by atoms with Gasteiger partial charge in [0.2, 0.25) is 0 Å². The summed E-state index contributed by atoms with van der Waals surface area (Å²) in [6.45, 7) is 4.30. The van der Waals surface area contributed by atoms with Crippen LogP contribution in [0.4, 0.5) is 0 Å². The summed E-state index contributed by atoms with van der Waals surface area (Å²) in [7, 11) is 0. The number of likely N-dealkylation sites (tertiary alicyclic amines) is 1. The van der Waals surface area contributed by atoms with Gasteiger partial charge in [-0.25, -0.2) is 0 Å². The van der Waals surface area contributed by atoms with Gasteiger partial charge in [0, 0.05) is 16.4 Å². The van der Waals surface area contributed by atoms with Crippen molar-refractivity contribution >= 4 is 29.0 Å². The topological polar surface area (TPSA) is 53.4 Å². The molecule has 0 unspecified atom stereocenters. The number of hydrogen-bond acceptors (Lipinski definition) is 4. The molecule has 2 atom stereocenters. The van der Waals surface area contributed by atoms with Crippen LogP contribution in [-0.2, 0) is 0 Å². The van der Waals surface area contributed by atoms with E-state index in [0.29, 0.717) is 23.6 Å². The van der Waals surface area contributed by atoms with E-state index in [1.165, 1.54) is 11.5 Å². The normalized spacial score (nSPS) is 21.4. The van der Waals surface area contributed by atoms with Crippen LogP contribution in [0.2, 0.25) is 5.02 Å². The largest absolute Gasteiger partial charge is 0.391 e. The number of amides is 1. The summed E-state index contributed by atoms with van der Waals surface area (Å²) in [5.41, 5.74) is 2.32. The second kappa shape index (κ2) is 5.99. The molecule has 22 heavy (non-hydrogen) atoms. The first-order valence-corrected chi connectivity index (χ1v) is 8.31. The summed E-state index contributed by atoms with van der Waals surface area (Å²) in [6, 6.07) is 6.98. The summed E-state index contributed by atoms with van der Waals surface area (Å²) in [4.78, 5) is 15.6. The Bertz CT molecular complexity index is 679. The lowest BCUT2D eigenvalue weighted by molar-refractivity contribution is 0.0637. The Kier molecular flexibility index (Phi) is 4.21. The molecule has 116 valence electrons. The van der Waals surface area contributed by atoms with Gasteiger partial charge in [0.15, 0.2) is 0 Å². The highest BCUT2D eigenvalue weighted by molar-refractivity contribution is 7.06. The van der Waals surface area contributed by atoms with Crippen molar-refractivity contribution in [1.82, 2.24) is 9.27 Å². The molecule has 1 N–H and O–H groups in total. The average molecular weight is 337 g/mol. The molecular weight excluding hydrogens is 320 g/mol. The van der Waals surface area contributed by atoms with E-state index in [9.17, 15) is 9.90 Å².